The summed E-state index contributed by atoms with van der Waals surface area (Å²) in [5.74, 6) is -0.859. The second kappa shape index (κ2) is 9.52. The molecule has 0 rings (SSSR count). The first kappa shape index (κ1) is 21.7. The predicted molar refractivity (Wildman–Crippen MR) is 59.3 cm³/mol. The van der Waals surface area contributed by atoms with E-state index < -0.39 is 21.1 Å². The van der Waals surface area contributed by atoms with Gasteiger partial charge in [0, 0.05) is 37.7 Å². The fraction of sp³-hybridized carbons (Fsp3) is 1.00. The molecule has 0 fully saturated rings. The van der Waals surface area contributed by atoms with E-state index in [1.807, 2.05) is 0 Å². The smallest absolute Gasteiger partial charge is 0.324 e. The molecule has 0 aliphatic rings. The van der Waals surface area contributed by atoms with Crippen LogP contribution < -0.4 is 0 Å². The maximum absolute atomic E-state index is 11.0. The summed E-state index contributed by atoms with van der Waals surface area (Å²) in [6.07, 6.45) is 0. The second-order valence-electron chi connectivity index (χ2n) is 2.25. The normalized spacial score (nSPS) is 17.9. The average Bonchev–Trinajstić information content (AvgIpc) is 1.82. The maximum Gasteiger partial charge on any atom is 0.340 e. The topological polar surface area (TPSA) is 93.1 Å². The van der Waals surface area contributed by atoms with Crippen molar-refractivity contribution in [3.63, 3.8) is 0 Å². The summed E-state index contributed by atoms with van der Waals surface area (Å²) in [6, 6.07) is 0. The Morgan fingerprint density at radius 3 is 1.40 bits per heavy atom. The van der Waals surface area contributed by atoms with Crippen molar-refractivity contribution < 1.29 is 28.0 Å². The largest absolute Gasteiger partial charge is 0.340 e. The first-order chi connectivity index (χ1) is 5.83. The van der Waals surface area contributed by atoms with Crippen LogP contribution in [0.25, 0.3) is 0 Å². The third kappa shape index (κ3) is 11.8. The summed E-state index contributed by atoms with van der Waals surface area (Å²) in [7, 11) is -7.96. The molecule has 0 aromatic rings. The molecule has 0 aromatic carbocycles. The zero-order chi connectivity index (χ0) is 10.5. The Kier molecular flexibility index (Phi) is 13.8. The van der Waals surface area contributed by atoms with Crippen LogP contribution in [0.1, 0.15) is 13.8 Å². The van der Waals surface area contributed by atoms with Crippen molar-refractivity contribution in [2.75, 3.05) is 19.1 Å². The zero-order valence-electron chi connectivity index (χ0n) is 9.54. The van der Waals surface area contributed by atoms with E-state index in [9.17, 15) is 9.13 Å². The predicted octanol–water partition coefficient (Wildman–Crippen LogP) is 0.626. The van der Waals surface area contributed by atoms with Crippen LogP contribution in [0.3, 0.4) is 0 Å². The summed E-state index contributed by atoms with van der Waals surface area (Å²) in [6.45, 7) is 3.07. The first-order valence-electron chi connectivity index (χ1n) is 3.75. The van der Waals surface area contributed by atoms with E-state index in [0.29, 0.717) is 0 Å². The van der Waals surface area contributed by atoms with Gasteiger partial charge in [-0.05, 0) is 13.8 Å². The van der Waals surface area contributed by atoms with Crippen molar-refractivity contribution in [3.05, 3.63) is 0 Å². The molecule has 6 nitrogen and oxygen atoms in total. The molecular weight excluding hydrogens is 232 g/mol. The van der Waals surface area contributed by atoms with E-state index in [1.165, 1.54) is 13.8 Å². The third-order valence-corrected chi connectivity index (χ3v) is 5.20. The number of hydrogen-bond donors (Lipinski definition) is 2. The fourth-order valence-electron chi connectivity index (χ4n) is 0.711. The molecule has 0 heterocycles. The average molecular weight is 246 g/mol. The van der Waals surface area contributed by atoms with Gasteiger partial charge in [-0.2, -0.15) is 0 Å². The van der Waals surface area contributed by atoms with Crippen LogP contribution in [0, 0.1) is 0 Å². The van der Waals surface area contributed by atoms with Crippen molar-refractivity contribution in [1.82, 2.24) is 0 Å². The monoisotopic (exact) mass is 246 g/mol. The first-order valence-corrected chi connectivity index (χ1v) is 7.28. The summed E-state index contributed by atoms with van der Waals surface area (Å²) in [5, 5.41) is 0. The summed E-state index contributed by atoms with van der Waals surface area (Å²) >= 11 is 0. The second-order valence-corrected chi connectivity index (χ2v) is 6.45. The fourth-order valence-corrected chi connectivity index (χ4v) is 3.98. The number of rotatable bonds is 6. The van der Waals surface area contributed by atoms with Crippen LogP contribution in [0.2, 0.25) is 0 Å². The summed E-state index contributed by atoms with van der Waals surface area (Å²) in [5.41, 5.74) is 0. The van der Waals surface area contributed by atoms with Gasteiger partial charge in [-0.1, -0.05) is 0 Å². The molecule has 10 heteroatoms. The van der Waals surface area contributed by atoms with E-state index in [1.54, 1.807) is 0 Å². The molecule has 0 saturated heterocycles. The van der Waals surface area contributed by atoms with Crippen LogP contribution in [-0.2, 0) is 18.2 Å². The van der Waals surface area contributed by atoms with Crippen LogP contribution in [0.4, 0.5) is 0 Å². The summed E-state index contributed by atoms with van der Waals surface area (Å²) < 4.78 is 30.9. The SMILES string of the molecule is CCOP(=O)(O)CP(=O)(O)OCC.[Li].[Li]. The Morgan fingerprint density at radius 1 is 0.933 bits per heavy atom. The van der Waals surface area contributed by atoms with E-state index in [0.717, 1.165) is 0 Å². The van der Waals surface area contributed by atoms with Crippen LogP contribution in [0.5, 0.6) is 0 Å². The van der Waals surface area contributed by atoms with Gasteiger partial charge in [0.15, 0.2) is 5.90 Å². The molecule has 82 valence electrons. The molecule has 0 saturated carbocycles. The van der Waals surface area contributed by atoms with Crippen molar-refractivity contribution >= 4 is 52.9 Å². The van der Waals surface area contributed by atoms with Gasteiger partial charge >= 0.3 is 15.2 Å². The van der Waals surface area contributed by atoms with Gasteiger partial charge in [0.25, 0.3) is 0 Å². The van der Waals surface area contributed by atoms with Crippen molar-refractivity contribution in [3.8, 4) is 0 Å². The number of hydrogen-bond acceptors (Lipinski definition) is 4. The van der Waals surface area contributed by atoms with Crippen LogP contribution >= 0.6 is 15.2 Å². The minimum atomic E-state index is -3.98. The van der Waals surface area contributed by atoms with Gasteiger partial charge in [-0.3, -0.25) is 9.13 Å². The third-order valence-electron chi connectivity index (χ3n) is 1.02. The van der Waals surface area contributed by atoms with Gasteiger partial charge in [0.05, 0.1) is 13.2 Å². The Labute approximate surface area is 114 Å². The van der Waals surface area contributed by atoms with Crippen LogP contribution in [-0.4, -0.2) is 66.6 Å². The molecule has 0 spiro atoms. The maximum atomic E-state index is 11.0. The Hall–Kier alpha value is 1.49. The van der Waals surface area contributed by atoms with Gasteiger partial charge < -0.3 is 18.8 Å². The van der Waals surface area contributed by atoms with Gasteiger partial charge in [0.1, 0.15) is 0 Å². The van der Waals surface area contributed by atoms with E-state index in [-0.39, 0.29) is 50.9 Å². The zero-order valence-corrected chi connectivity index (χ0v) is 11.3. The van der Waals surface area contributed by atoms with Gasteiger partial charge in [0.2, 0.25) is 0 Å². The molecule has 0 bridgehead atoms. The van der Waals surface area contributed by atoms with E-state index in [2.05, 4.69) is 9.05 Å². The molecule has 2 unspecified atom stereocenters. The molecule has 2 atom stereocenters. The Balaban J connectivity index is -0.000000720. The van der Waals surface area contributed by atoms with Crippen molar-refractivity contribution in [2.45, 2.75) is 13.8 Å². The Morgan fingerprint density at radius 2 is 1.20 bits per heavy atom. The minimum Gasteiger partial charge on any atom is -0.324 e. The van der Waals surface area contributed by atoms with Crippen molar-refractivity contribution in [2.24, 2.45) is 0 Å². The summed E-state index contributed by atoms with van der Waals surface area (Å²) in [4.78, 5) is 18.0. The molecule has 0 aliphatic carbocycles. The molecular formula is C5H14Li2O6P2. The quantitative estimate of drug-likeness (QED) is 0.527. The van der Waals surface area contributed by atoms with Crippen molar-refractivity contribution in [1.29, 1.82) is 0 Å². The molecule has 2 N–H and O–H groups in total. The minimum absolute atomic E-state index is 0. The van der Waals surface area contributed by atoms with E-state index in [4.69, 9.17) is 9.79 Å². The molecule has 0 aliphatic heterocycles. The molecule has 0 amide bonds. The van der Waals surface area contributed by atoms with Gasteiger partial charge in [-0.25, -0.2) is 0 Å². The standard InChI is InChI=1S/C5H14O6P2.2Li/c1-3-10-12(6,7)5-13(8,9)11-4-2;;/h3-5H2,1-2H3,(H,6,7)(H,8,9);;. The van der Waals surface area contributed by atoms with E-state index >= 15 is 0 Å². The van der Waals surface area contributed by atoms with Gasteiger partial charge in [-0.15, -0.1) is 0 Å². The molecule has 15 heavy (non-hydrogen) atoms. The Bertz CT molecular complexity index is 224. The molecule has 2 radical (unpaired) electrons. The molecule has 0 aromatic heterocycles. The van der Waals surface area contributed by atoms with Crippen LogP contribution in [0.15, 0.2) is 0 Å².